The van der Waals surface area contributed by atoms with Crippen LogP contribution in [0, 0.1) is 17.8 Å². The predicted molar refractivity (Wildman–Crippen MR) is 287 cm³/mol. The molecule has 1 aliphatic carbocycles. The molecule has 416 valence electrons. The van der Waals surface area contributed by atoms with Crippen LogP contribution in [-0.2, 0) is 60.6 Å². The van der Waals surface area contributed by atoms with Crippen LogP contribution in [0.4, 0.5) is 0 Å². The van der Waals surface area contributed by atoms with Crippen molar-refractivity contribution in [3.05, 3.63) is 96.3 Å². The monoisotopic (exact) mass is 1050 g/mol. The molecule has 1 saturated carbocycles. The van der Waals surface area contributed by atoms with Gasteiger partial charge < -0.3 is 55.7 Å². The van der Waals surface area contributed by atoms with E-state index in [-0.39, 0.29) is 76.7 Å². The number of Topliss-reactive ketones (excluding diaryl/α,β-unsaturated/α-hetero) is 1. The van der Waals surface area contributed by atoms with Crippen molar-refractivity contribution in [2.24, 2.45) is 17.8 Å². The van der Waals surface area contributed by atoms with E-state index in [1.165, 1.54) is 16.8 Å². The van der Waals surface area contributed by atoms with Crippen LogP contribution in [0.1, 0.15) is 115 Å². The molecule has 18 nitrogen and oxygen atoms in total. The van der Waals surface area contributed by atoms with Gasteiger partial charge in [0.2, 0.25) is 29.4 Å². The Bertz CT molecular complexity index is 2340. The van der Waals surface area contributed by atoms with Gasteiger partial charge in [-0.25, -0.2) is 4.79 Å². The molecule has 2 aromatic rings. The lowest BCUT2D eigenvalue weighted by atomic mass is 9.80. The maximum Gasteiger partial charge on any atom is 0.329 e. The largest absolute Gasteiger partial charge is 0.460 e. The molecule has 18 heteroatoms. The predicted octanol–water partition coefficient (Wildman–Crippen LogP) is 4.39. The zero-order valence-corrected chi connectivity index (χ0v) is 45.3. The van der Waals surface area contributed by atoms with Crippen LogP contribution in [0.25, 0.3) is 0 Å². The van der Waals surface area contributed by atoms with Crippen molar-refractivity contribution < 1.29 is 52.9 Å². The normalized spacial score (nSPS) is 30.5. The number of nitrogens with zero attached hydrogens (tertiary/aromatic N) is 2. The zero-order chi connectivity index (χ0) is 54.9. The molecule has 11 atom stereocenters. The number of methoxy groups -OCH3 is 1. The van der Waals surface area contributed by atoms with Crippen molar-refractivity contribution in [2.75, 3.05) is 40.3 Å². The van der Waals surface area contributed by atoms with Gasteiger partial charge in [-0.2, -0.15) is 0 Å². The molecule has 1 unspecified atom stereocenters. The van der Waals surface area contributed by atoms with Gasteiger partial charge in [0.25, 0.3) is 11.7 Å². The molecule has 4 fully saturated rings. The number of piperidine rings is 1. The van der Waals surface area contributed by atoms with E-state index >= 15 is 0 Å². The lowest BCUT2D eigenvalue weighted by molar-refractivity contribution is -0.263. The number of ether oxygens (including phenoxy) is 3. The second kappa shape index (κ2) is 28.3. The van der Waals surface area contributed by atoms with Crippen LogP contribution in [-0.4, -0.2) is 145 Å². The number of cyclic esters (lactones) is 1. The molecular weight excluding hydrogens is 971 g/mol. The number of esters is 1. The number of ketones is 1. The van der Waals surface area contributed by atoms with Gasteiger partial charge in [-0.15, -0.1) is 0 Å². The quantitative estimate of drug-likeness (QED) is 0.159. The fraction of sp³-hybridized carbons (Fsp3) is 0.603. The van der Waals surface area contributed by atoms with E-state index in [4.69, 9.17) is 14.2 Å². The van der Waals surface area contributed by atoms with E-state index in [0.717, 1.165) is 43.2 Å². The van der Waals surface area contributed by atoms with Gasteiger partial charge in [0.1, 0.15) is 30.3 Å². The minimum Gasteiger partial charge on any atom is -0.460 e. The smallest absolute Gasteiger partial charge is 0.329 e. The first-order valence-electron chi connectivity index (χ1n) is 27.4. The second-order valence-corrected chi connectivity index (χ2v) is 21.6. The molecular formula is C58H83N7O11. The molecule has 4 aliphatic rings. The Labute approximate surface area is 448 Å². The van der Waals surface area contributed by atoms with Gasteiger partial charge in [0.05, 0.1) is 18.8 Å². The number of allylic oxidation sites excluding steroid dienone is 1. The minimum absolute atomic E-state index is 0.107. The minimum atomic E-state index is -2.46. The van der Waals surface area contributed by atoms with Gasteiger partial charge in [-0.1, -0.05) is 101 Å². The number of benzene rings is 2. The van der Waals surface area contributed by atoms with Gasteiger partial charge >= 0.3 is 5.97 Å². The molecule has 2 bridgehead atoms. The molecule has 0 spiro atoms. The number of carbonyl (C=O) groups is 7. The van der Waals surface area contributed by atoms with Crippen molar-refractivity contribution >= 4 is 41.3 Å². The van der Waals surface area contributed by atoms with Gasteiger partial charge in [-0.3, -0.25) is 28.8 Å². The summed E-state index contributed by atoms with van der Waals surface area (Å²) in [5.41, 5.74) is 2.55. The van der Waals surface area contributed by atoms with E-state index < -0.39 is 89.4 Å². The summed E-state index contributed by atoms with van der Waals surface area (Å²) in [6.07, 6.45) is 6.82. The molecule has 2 aromatic carbocycles. The lowest BCUT2D eigenvalue weighted by Crippen LogP contribution is -2.60. The maximum absolute atomic E-state index is 14.4. The summed E-state index contributed by atoms with van der Waals surface area (Å²) in [5.74, 6) is -7.84. The zero-order valence-electron chi connectivity index (χ0n) is 45.3. The topological polar surface area (TPSA) is 234 Å². The van der Waals surface area contributed by atoms with Crippen LogP contribution in [0.2, 0.25) is 0 Å². The summed E-state index contributed by atoms with van der Waals surface area (Å²) in [6, 6.07) is 14.2. The Morgan fingerprint density at radius 2 is 1.43 bits per heavy atom. The number of hydrogen-bond acceptors (Lipinski definition) is 13. The number of likely N-dealkylation sites (N-methyl/N-ethyl adjacent to an activating group) is 1. The van der Waals surface area contributed by atoms with Crippen LogP contribution in [0.3, 0.4) is 0 Å². The number of rotatable bonds is 8. The summed E-state index contributed by atoms with van der Waals surface area (Å²) >= 11 is 0. The first-order valence-corrected chi connectivity index (χ1v) is 27.4. The van der Waals surface area contributed by atoms with Gasteiger partial charge in [-0.05, 0) is 94.1 Å². The summed E-state index contributed by atoms with van der Waals surface area (Å²) in [5, 5.41) is 27.0. The van der Waals surface area contributed by atoms with Gasteiger partial charge in [0.15, 0.2) is 0 Å². The van der Waals surface area contributed by atoms with Crippen LogP contribution >= 0.6 is 0 Å². The third-order valence-electron chi connectivity index (χ3n) is 15.6. The number of carbonyl (C=O) groups excluding carboxylic acids is 7. The number of aliphatic hydroxyl groups is 1. The summed E-state index contributed by atoms with van der Waals surface area (Å²) in [6.45, 7) is 13.9. The van der Waals surface area contributed by atoms with Crippen molar-refractivity contribution in [1.82, 2.24) is 36.4 Å². The highest BCUT2D eigenvalue weighted by Gasteiger charge is 2.53. The third-order valence-corrected chi connectivity index (χ3v) is 15.6. The number of amides is 5. The highest BCUT2D eigenvalue weighted by molar-refractivity contribution is 6.39. The van der Waals surface area contributed by atoms with E-state index in [1.807, 2.05) is 67.6 Å². The summed E-state index contributed by atoms with van der Waals surface area (Å²) < 4.78 is 18.2. The molecule has 76 heavy (non-hydrogen) atoms. The van der Waals surface area contributed by atoms with Crippen molar-refractivity contribution in [2.45, 2.75) is 165 Å². The average Bonchev–Trinajstić information content (AvgIpc) is 3.41. The maximum atomic E-state index is 14.4. The second-order valence-electron chi connectivity index (χ2n) is 21.6. The molecule has 6 rings (SSSR count). The molecule has 6 N–H and O–H groups in total. The number of nitrogens with one attached hydrogen (secondary N) is 5. The summed E-state index contributed by atoms with van der Waals surface area (Å²) in [4.78, 5) is 101. The number of fused-ring (bicyclic) bond motifs is 3. The fourth-order valence-corrected chi connectivity index (χ4v) is 11.0. The Kier molecular flexibility index (Phi) is 22.0. The van der Waals surface area contributed by atoms with Crippen molar-refractivity contribution in [1.29, 1.82) is 0 Å². The standard InChI is InChI=1S/C58H83N7O11/c1-37(31-44-21-16-22-46(33-44)74-7)50-32-40(4)59-28-29-60-51(66)36-64(6)55(70)48(35-43-19-12-9-13-20-43)63-54(69)47(34-42-17-10-8-11-18-42)62-53(68)41(5)61-39(3)25-27-45-26-24-38(2)58(73,76-45)52(67)56(71)65-30-15-14-23-49(65)57(72)75-50/h8-13,17-20,37-38,41,44-50,59,61,73H,3-4,14-16,21-36H2,1-2,5-7H3,(H,60,66)(H,62,68)(H,63,69)/t37-,38-,41+,44+,45+,46+,47+,48+,49?,50+,58-/m1/s1. The molecule has 3 aliphatic heterocycles. The SMILES string of the molecule is C=C1C[C@@H]([C@H](C)C[C@@H]2CCC[C@H](OC)C2)OC(=O)C2CCCCN2C(=O)C(=O)[C@]2(O)O[C@H](CCC(=C)N[C@@H](C)C(=O)N[C@@H](Cc3ccccc3)C(=O)N[C@@H](Cc3ccccc3)C(=O)N(C)CC(=O)NCCN1)CC[C@H]2C. The van der Waals surface area contributed by atoms with Crippen molar-refractivity contribution in [3.8, 4) is 0 Å². The van der Waals surface area contributed by atoms with Crippen LogP contribution < -0.4 is 26.6 Å². The first kappa shape index (κ1) is 59.1. The highest BCUT2D eigenvalue weighted by Crippen LogP contribution is 2.37. The van der Waals surface area contributed by atoms with Gasteiger partial charge in [0, 0.05) is 70.4 Å². The molecule has 3 saturated heterocycles. The third kappa shape index (κ3) is 16.7. The first-order chi connectivity index (χ1) is 36.3. The summed E-state index contributed by atoms with van der Waals surface area (Å²) in [7, 11) is 3.22. The van der Waals surface area contributed by atoms with E-state index in [1.54, 1.807) is 21.0 Å². The van der Waals surface area contributed by atoms with Crippen LogP contribution in [0.5, 0.6) is 0 Å². The number of hydrogen-bond donors (Lipinski definition) is 6. The Balaban J connectivity index is 1.24. The van der Waals surface area contributed by atoms with Crippen LogP contribution in [0.15, 0.2) is 85.2 Å². The molecule has 5 amide bonds. The van der Waals surface area contributed by atoms with Crippen molar-refractivity contribution in [3.63, 3.8) is 0 Å². The average molecular weight is 1050 g/mol. The fourth-order valence-electron chi connectivity index (χ4n) is 11.0. The molecule has 3 heterocycles. The van der Waals surface area contributed by atoms with E-state index in [0.29, 0.717) is 43.0 Å². The Morgan fingerprint density at radius 1 is 0.776 bits per heavy atom. The molecule has 0 radical (unpaired) electrons. The van der Waals surface area contributed by atoms with E-state index in [9.17, 15) is 38.7 Å². The highest BCUT2D eigenvalue weighted by atomic mass is 16.6. The van der Waals surface area contributed by atoms with E-state index in [2.05, 4.69) is 39.7 Å². The lowest BCUT2D eigenvalue weighted by Gasteiger charge is -2.42. The molecule has 0 aromatic heterocycles. The Hall–Kier alpha value is -6.11. The Morgan fingerprint density at radius 3 is 2.12 bits per heavy atom.